The highest BCUT2D eigenvalue weighted by Crippen LogP contribution is 2.19. The summed E-state index contributed by atoms with van der Waals surface area (Å²) in [7, 11) is 1.65. The van der Waals surface area contributed by atoms with Gasteiger partial charge in [-0.15, -0.1) is 0 Å². The van der Waals surface area contributed by atoms with Crippen molar-refractivity contribution in [2.24, 2.45) is 5.73 Å². The van der Waals surface area contributed by atoms with E-state index in [0.717, 1.165) is 17.0 Å². The lowest BCUT2D eigenvalue weighted by Gasteiger charge is -2.10. The molecular weight excluding hydrogens is 280 g/mol. The largest absolute Gasteiger partial charge is 0.496 e. The first-order chi connectivity index (χ1) is 10.7. The second-order valence-electron chi connectivity index (χ2n) is 4.68. The number of benzene rings is 1. The Morgan fingerprint density at radius 1 is 1.27 bits per heavy atom. The predicted molar refractivity (Wildman–Crippen MR) is 86.9 cm³/mol. The number of anilines is 2. The van der Waals surface area contributed by atoms with Crippen molar-refractivity contribution >= 4 is 17.4 Å². The zero-order valence-electron chi connectivity index (χ0n) is 12.5. The first kappa shape index (κ1) is 15.8. The fraction of sp³-hybridized carbons (Fsp3) is 0.250. The fourth-order valence-corrected chi connectivity index (χ4v) is 1.96. The van der Waals surface area contributed by atoms with E-state index in [1.807, 2.05) is 30.3 Å². The molecule has 0 radical (unpaired) electrons. The molecule has 0 aliphatic carbocycles. The van der Waals surface area contributed by atoms with Crippen molar-refractivity contribution in [3.05, 3.63) is 48.2 Å². The topological polar surface area (TPSA) is 89.3 Å². The number of para-hydroxylation sites is 1. The Bertz CT molecular complexity index is 614. The molecule has 1 aromatic heterocycles. The Morgan fingerprint density at radius 3 is 2.77 bits per heavy atom. The Kier molecular flexibility index (Phi) is 5.73. The van der Waals surface area contributed by atoms with Gasteiger partial charge in [-0.2, -0.15) is 0 Å². The molecule has 0 unspecified atom stereocenters. The maximum absolute atomic E-state index is 11.4. The van der Waals surface area contributed by atoms with E-state index >= 15 is 0 Å². The Balaban J connectivity index is 1.92. The molecule has 0 saturated carbocycles. The number of nitrogens with two attached hydrogens (primary N) is 1. The van der Waals surface area contributed by atoms with Crippen molar-refractivity contribution in [3.8, 4) is 5.75 Å². The van der Waals surface area contributed by atoms with Gasteiger partial charge in [0.1, 0.15) is 11.6 Å². The number of carbonyl (C=O) groups is 1. The van der Waals surface area contributed by atoms with Crippen LogP contribution in [0.25, 0.3) is 0 Å². The average molecular weight is 300 g/mol. The number of hydrogen-bond acceptors (Lipinski definition) is 5. The van der Waals surface area contributed by atoms with E-state index in [1.165, 1.54) is 0 Å². The normalized spacial score (nSPS) is 10.1. The minimum atomic E-state index is -0.135. The van der Waals surface area contributed by atoms with E-state index in [9.17, 15) is 4.79 Å². The van der Waals surface area contributed by atoms with Crippen molar-refractivity contribution in [1.29, 1.82) is 0 Å². The first-order valence-corrected chi connectivity index (χ1v) is 7.04. The number of amides is 1. The Labute approximate surface area is 129 Å². The van der Waals surface area contributed by atoms with Crippen molar-refractivity contribution in [2.45, 2.75) is 13.0 Å². The molecule has 6 heteroatoms. The van der Waals surface area contributed by atoms with Crippen LogP contribution in [0.4, 0.5) is 11.5 Å². The molecule has 0 aliphatic heterocycles. The molecule has 2 rings (SSSR count). The molecule has 0 fully saturated rings. The molecule has 4 N–H and O–H groups in total. The lowest BCUT2D eigenvalue weighted by atomic mass is 10.2. The monoisotopic (exact) mass is 300 g/mol. The molecule has 6 nitrogen and oxygen atoms in total. The summed E-state index contributed by atoms with van der Waals surface area (Å²) in [6, 6.07) is 11.4. The van der Waals surface area contributed by atoms with Crippen LogP contribution in [-0.4, -0.2) is 24.5 Å². The molecule has 0 bridgehead atoms. The van der Waals surface area contributed by atoms with Crippen LogP contribution in [0.5, 0.6) is 5.75 Å². The maximum Gasteiger partial charge on any atom is 0.226 e. The summed E-state index contributed by atoms with van der Waals surface area (Å²) in [6.07, 6.45) is 1.96. The molecule has 0 spiro atoms. The highest BCUT2D eigenvalue weighted by atomic mass is 16.5. The number of nitrogens with zero attached hydrogens (tertiary/aromatic N) is 1. The molecule has 1 aromatic carbocycles. The minimum Gasteiger partial charge on any atom is -0.496 e. The molecule has 22 heavy (non-hydrogen) atoms. The number of pyridine rings is 1. The number of carbonyl (C=O) groups excluding carboxylic acids is 1. The third-order valence-electron chi connectivity index (χ3n) is 3.08. The van der Waals surface area contributed by atoms with Gasteiger partial charge in [-0.3, -0.25) is 4.79 Å². The highest BCUT2D eigenvalue weighted by Gasteiger charge is 2.03. The predicted octanol–water partition coefficient (Wildman–Crippen LogP) is 1.99. The third kappa shape index (κ3) is 4.46. The zero-order chi connectivity index (χ0) is 15.8. The summed E-state index contributed by atoms with van der Waals surface area (Å²) in [6.45, 7) is 0.953. The van der Waals surface area contributed by atoms with Gasteiger partial charge in [0.05, 0.1) is 19.0 Å². The molecule has 1 amide bonds. The van der Waals surface area contributed by atoms with Gasteiger partial charge in [-0.05, 0) is 18.2 Å². The lowest BCUT2D eigenvalue weighted by molar-refractivity contribution is -0.116. The zero-order valence-corrected chi connectivity index (χ0v) is 12.5. The Morgan fingerprint density at radius 2 is 2.09 bits per heavy atom. The summed E-state index contributed by atoms with van der Waals surface area (Å²) >= 11 is 0. The minimum absolute atomic E-state index is 0.135. The van der Waals surface area contributed by atoms with Crippen LogP contribution in [0.15, 0.2) is 42.6 Å². The molecule has 0 atom stereocenters. The molecular formula is C16H20N4O2. The lowest BCUT2D eigenvalue weighted by Crippen LogP contribution is -2.16. The summed E-state index contributed by atoms with van der Waals surface area (Å²) in [5.74, 6) is 1.22. The van der Waals surface area contributed by atoms with Gasteiger partial charge >= 0.3 is 0 Å². The van der Waals surface area contributed by atoms with E-state index in [2.05, 4.69) is 15.6 Å². The quantitative estimate of drug-likeness (QED) is 0.727. The average Bonchev–Trinajstić information content (AvgIpc) is 2.54. The third-order valence-corrected chi connectivity index (χ3v) is 3.08. The smallest absolute Gasteiger partial charge is 0.226 e. The van der Waals surface area contributed by atoms with E-state index in [4.69, 9.17) is 10.5 Å². The van der Waals surface area contributed by atoms with Gasteiger partial charge < -0.3 is 21.1 Å². The van der Waals surface area contributed by atoms with Gasteiger partial charge in [0.15, 0.2) is 0 Å². The molecule has 2 aromatic rings. The number of hydrogen-bond donors (Lipinski definition) is 3. The van der Waals surface area contributed by atoms with Crippen LogP contribution < -0.4 is 21.1 Å². The molecule has 0 aliphatic rings. The number of rotatable bonds is 7. The van der Waals surface area contributed by atoms with Crippen LogP contribution in [0, 0.1) is 0 Å². The number of ether oxygens (including phenoxy) is 1. The van der Waals surface area contributed by atoms with Crippen molar-refractivity contribution in [1.82, 2.24) is 4.98 Å². The maximum atomic E-state index is 11.4. The van der Waals surface area contributed by atoms with Gasteiger partial charge in [-0.1, -0.05) is 18.2 Å². The van der Waals surface area contributed by atoms with E-state index in [0.29, 0.717) is 18.9 Å². The highest BCUT2D eigenvalue weighted by molar-refractivity contribution is 5.89. The van der Waals surface area contributed by atoms with Crippen LogP contribution in [0.3, 0.4) is 0 Å². The van der Waals surface area contributed by atoms with Gasteiger partial charge in [0, 0.05) is 25.1 Å². The van der Waals surface area contributed by atoms with E-state index in [-0.39, 0.29) is 12.3 Å². The fourth-order valence-electron chi connectivity index (χ4n) is 1.96. The Hall–Kier alpha value is -2.60. The molecule has 1 heterocycles. The van der Waals surface area contributed by atoms with Crippen molar-refractivity contribution < 1.29 is 9.53 Å². The van der Waals surface area contributed by atoms with Crippen LogP contribution in [0.1, 0.15) is 12.0 Å². The molecule has 0 saturated heterocycles. The van der Waals surface area contributed by atoms with Gasteiger partial charge in [-0.25, -0.2) is 4.98 Å². The second kappa shape index (κ2) is 7.99. The van der Waals surface area contributed by atoms with Crippen molar-refractivity contribution in [3.63, 3.8) is 0 Å². The number of methoxy groups -OCH3 is 1. The second-order valence-corrected chi connectivity index (χ2v) is 4.68. The SMILES string of the molecule is COc1ccccc1CNc1ccc(NC(=O)CCN)nc1. The summed E-state index contributed by atoms with van der Waals surface area (Å²) in [5.41, 5.74) is 7.25. The van der Waals surface area contributed by atoms with Crippen LogP contribution in [-0.2, 0) is 11.3 Å². The summed E-state index contributed by atoms with van der Waals surface area (Å²) in [5, 5.41) is 5.95. The standard InChI is InChI=1S/C16H20N4O2/c1-22-14-5-3-2-4-12(14)10-18-13-6-7-15(19-11-13)20-16(21)8-9-17/h2-7,11,18H,8-10,17H2,1H3,(H,19,20,21). The number of nitrogens with one attached hydrogen (secondary N) is 2. The van der Waals surface area contributed by atoms with Crippen LogP contribution in [0.2, 0.25) is 0 Å². The van der Waals surface area contributed by atoms with Crippen molar-refractivity contribution in [2.75, 3.05) is 24.3 Å². The first-order valence-electron chi connectivity index (χ1n) is 7.04. The summed E-state index contributed by atoms with van der Waals surface area (Å²) < 4.78 is 5.31. The van der Waals surface area contributed by atoms with E-state index in [1.54, 1.807) is 19.4 Å². The van der Waals surface area contributed by atoms with Gasteiger partial charge in [0.25, 0.3) is 0 Å². The van der Waals surface area contributed by atoms with Gasteiger partial charge in [0.2, 0.25) is 5.91 Å². The van der Waals surface area contributed by atoms with Crippen LogP contribution >= 0.6 is 0 Å². The molecule has 116 valence electrons. The van der Waals surface area contributed by atoms with E-state index < -0.39 is 0 Å². The number of aromatic nitrogens is 1. The summed E-state index contributed by atoms with van der Waals surface area (Å²) in [4.78, 5) is 15.6.